The summed E-state index contributed by atoms with van der Waals surface area (Å²) in [5, 5.41) is 9.86. The Morgan fingerprint density at radius 1 is 1.36 bits per heavy atom. The molecule has 2 atom stereocenters. The van der Waals surface area contributed by atoms with E-state index >= 15 is 0 Å². The molecule has 1 heterocycles. The van der Waals surface area contributed by atoms with E-state index in [1.165, 1.54) is 0 Å². The smallest absolute Gasteiger partial charge is 0.306 e. The highest BCUT2D eigenvalue weighted by atomic mass is 16.6. The quantitative estimate of drug-likeness (QED) is 0.721. The van der Waals surface area contributed by atoms with Crippen LogP contribution >= 0.6 is 0 Å². The number of carbonyl (C=O) groups excluding carboxylic acids is 1. The van der Waals surface area contributed by atoms with Gasteiger partial charge < -0.3 is 9.84 Å². The van der Waals surface area contributed by atoms with Gasteiger partial charge in [0.2, 0.25) is 0 Å². The molecule has 1 aromatic rings. The molecule has 3 heteroatoms. The Morgan fingerprint density at radius 3 is 2.64 bits per heavy atom. The summed E-state index contributed by atoms with van der Waals surface area (Å²) in [5.41, 5.74) is 0.798. The Labute approximate surface area is 82.3 Å². The van der Waals surface area contributed by atoms with Crippen molar-refractivity contribution in [1.82, 2.24) is 0 Å². The highest BCUT2D eigenvalue weighted by Gasteiger charge is 2.30. The Morgan fingerprint density at radius 2 is 2.07 bits per heavy atom. The van der Waals surface area contributed by atoms with E-state index in [1.807, 2.05) is 30.3 Å². The summed E-state index contributed by atoms with van der Waals surface area (Å²) < 4.78 is 4.99. The van der Waals surface area contributed by atoms with Gasteiger partial charge in [-0.15, -0.1) is 0 Å². The zero-order valence-corrected chi connectivity index (χ0v) is 7.72. The minimum atomic E-state index is -0.692. The van der Waals surface area contributed by atoms with E-state index in [0.717, 1.165) is 5.56 Å². The highest BCUT2D eigenvalue weighted by Crippen LogP contribution is 2.26. The van der Waals surface area contributed by atoms with Crippen molar-refractivity contribution >= 4 is 5.97 Å². The van der Waals surface area contributed by atoms with Crippen LogP contribution in [0.3, 0.4) is 0 Å². The standard InChI is InChI=1S/C11H12O3/c12-10-7-6-9(14-10)11(13)8-4-2-1-3-5-8/h1-5,9,11,13H,6-7H2/t9-,11-/m0/s1. The average Bonchev–Trinajstić information content (AvgIpc) is 2.65. The molecule has 1 aromatic carbocycles. The maximum Gasteiger partial charge on any atom is 0.306 e. The van der Waals surface area contributed by atoms with Gasteiger partial charge in [0.05, 0.1) is 0 Å². The van der Waals surface area contributed by atoms with Crippen LogP contribution in [-0.4, -0.2) is 17.2 Å². The molecule has 0 spiro atoms. The number of ether oxygens (including phenoxy) is 1. The predicted octanol–water partition coefficient (Wildman–Crippen LogP) is 1.43. The molecule has 0 radical (unpaired) electrons. The minimum Gasteiger partial charge on any atom is -0.459 e. The van der Waals surface area contributed by atoms with E-state index in [2.05, 4.69) is 0 Å². The van der Waals surface area contributed by atoms with Crippen LogP contribution in [0, 0.1) is 0 Å². The number of rotatable bonds is 2. The van der Waals surface area contributed by atoms with Crippen molar-refractivity contribution in [2.75, 3.05) is 0 Å². The molecule has 3 nitrogen and oxygen atoms in total. The summed E-state index contributed by atoms with van der Waals surface area (Å²) in [5.74, 6) is -0.218. The molecule has 2 rings (SSSR count). The molecule has 14 heavy (non-hydrogen) atoms. The van der Waals surface area contributed by atoms with Crippen molar-refractivity contribution in [2.45, 2.75) is 25.0 Å². The highest BCUT2D eigenvalue weighted by molar-refractivity contribution is 5.71. The van der Waals surface area contributed by atoms with Crippen molar-refractivity contribution in [3.05, 3.63) is 35.9 Å². The molecule has 0 bridgehead atoms. The second kappa shape index (κ2) is 3.80. The van der Waals surface area contributed by atoms with Gasteiger partial charge in [0.1, 0.15) is 12.2 Å². The second-order valence-corrected chi connectivity index (χ2v) is 3.42. The Kier molecular flexibility index (Phi) is 2.50. The normalized spacial score (nSPS) is 23.2. The summed E-state index contributed by atoms with van der Waals surface area (Å²) >= 11 is 0. The summed E-state index contributed by atoms with van der Waals surface area (Å²) in [7, 11) is 0. The summed E-state index contributed by atoms with van der Waals surface area (Å²) in [6.45, 7) is 0. The van der Waals surface area contributed by atoms with Gasteiger partial charge in [0.15, 0.2) is 0 Å². The van der Waals surface area contributed by atoms with E-state index in [1.54, 1.807) is 0 Å². The van der Waals surface area contributed by atoms with Crippen molar-refractivity contribution in [2.24, 2.45) is 0 Å². The third-order valence-corrected chi connectivity index (χ3v) is 2.41. The summed E-state index contributed by atoms with van der Waals surface area (Å²) in [4.78, 5) is 10.9. The number of hydrogen-bond acceptors (Lipinski definition) is 3. The SMILES string of the molecule is O=C1CC[C@@H]([C@@H](O)c2ccccc2)O1. The van der Waals surface area contributed by atoms with Crippen LogP contribution in [0.25, 0.3) is 0 Å². The van der Waals surface area contributed by atoms with E-state index in [9.17, 15) is 9.90 Å². The molecule has 1 fully saturated rings. The fourth-order valence-electron chi connectivity index (χ4n) is 1.63. The number of hydrogen-bond donors (Lipinski definition) is 1. The zero-order valence-electron chi connectivity index (χ0n) is 7.72. The lowest BCUT2D eigenvalue weighted by Gasteiger charge is -2.16. The molecule has 1 N–H and O–H groups in total. The van der Waals surface area contributed by atoms with Crippen molar-refractivity contribution in [3.63, 3.8) is 0 Å². The number of esters is 1. The maximum atomic E-state index is 10.9. The molecule has 0 saturated carbocycles. The number of aliphatic hydroxyl groups excluding tert-OH is 1. The van der Waals surface area contributed by atoms with E-state index < -0.39 is 6.10 Å². The first-order valence-electron chi connectivity index (χ1n) is 4.70. The van der Waals surface area contributed by atoms with Crippen LogP contribution in [0.15, 0.2) is 30.3 Å². The molecular formula is C11H12O3. The van der Waals surface area contributed by atoms with Crippen LogP contribution in [0.2, 0.25) is 0 Å². The largest absolute Gasteiger partial charge is 0.459 e. The molecule has 74 valence electrons. The Hall–Kier alpha value is -1.35. The molecule has 0 amide bonds. The molecule has 1 aliphatic heterocycles. The third kappa shape index (κ3) is 1.77. The lowest BCUT2D eigenvalue weighted by Crippen LogP contribution is -2.17. The van der Waals surface area contributed by atoms with Crippen molar-refractivity contribution < 1.29 is 14.6 Å². The van der Waals surface area contributed by atoms with Gasteiger partial charge in [-0.2, -0.15) is 0 Å². The molecule has 1 saturated heterocycles. The fourth-order valence-corrected chi connectivity index (χ4v) is 1.63. The van der Waals surface area contributed by atoms with Gasteiger partial charge in [0.25, 0.3) is 0 Å². The van der Waals surface area contributed by atoms with Crippen LogP contribution in [0.1, 0.15) is 24.5 Å². The topological polar surface area (TPSA) is 46.5 Å². The molecule has 1 aliphatic rings. The predicted molar refractivity (Wildman–Crippen MR) is 50.5 cm³/mol. The zero-order chi connectivity index (χ0) is 9.97. The van der Waals surface area contributed by atoms with Crippen LogP contribution in [0.5, 0.6) is 0 Å². The van der Waals surface area contributed by atoms with Gasteiger partial charge in [0, 0.05) is 6.42 Å². The van der Waals surface area contributed by atoms with Gasteiger partial charge in [-0.3, -0.25) is 4.79 Å². The molecule has 0 unspecified atom stereocenters. The molecule has 0 aromatic heterocycles. The second-order valence-electron chi connectivity index (χ2n) is 3.42. The Balaban J connectivity index is 2.09. The lowest BCUT2D eigenvalue weighted by molar-refractivity contribution is -0.145. The Bertz CT molecular complexity index is 321. The summed E-state index contributed by atoms with van der Waals surface area (Å²) in [6.07, 6.45) is -0.0451. The first-order chi connectivity index (χ1) is 6.77. The van der Waals surface area contributed by atoms with E-state index in [4.69, 9.17) is 4.74 Å². The van der Waals surface area contributed by atoms with Crippen molar-refractivity contribution in [3.8, 4) is 0 Å². The van der Waals surface area contributed by atoms with Gasteiger partial charge in [-0.25, -0.2) is 0 Å². The van der Waals surface area contributed by atoms with Crippen LogP contribution in [-0.2, 0) is 9.53 Å². The van der Waals surface area contributed by atoms with Crippen LogP contribution in [0.4, 0.5) is 0 Å². The average molecular weight is 192 g/mol. The minimum absolute atomic E-state index is 0.218. The third-order valence-electron chi connectivity index (χ3n) is 2.41. The number of carbonyl (C=O) groups is 1. The van der Waals surface area contributed by atoms with Gasteiger partial charge in [-0.1, -0.05) is 30.3 Å². The number of aliphatic hydroxyl groups is 1. The number of benzene rings is 1. The number of cyclic esters (lactones) is 1. The van der Waals surface area contributed by atoms with Crippen molar-refractivity contribution in [1.29, 1.82) is 0 Å². The maximum absolute atomic E-state index is 10.9. The van der Waals surface area contributed by atoms with Gasteiger partial charge >= 0.3 is 5.97 Å². The van der Waals surface area contributed by atoms with Crippen LogP contribution < -0.4 is 0 Å². The monoisotopic (exact) mass is 192 g/mol. The first kappa shape index (κ1) is 9.21. The van der Waals surface area contributed by atoms with E-state index in [-0.39, 0.29) is 12.1 Å². The fraction of sp³-hybridized carbons (Fsp3) is 0.364. The summed E-state index contributed by atoms with van der Waals surface area (Å²) in [6, 6.07) is 9.26. The lowest BCUT2D eigenvalue weighted by atomic mass is 10.0. The molecular weight excluding hydrogens is 180 g/mol. The van der Waals surface area contributed by atoms with Gasteiger partial charge in [-0.05, 0) is 12.0 Å². The van der Waals surface area contributed by atoms with E-state index in [0.29, 0.717) is 12.8 Å². The molecule has 0 aliphatic carbocycles. The first-order valence-corrected chi connectivity index (χ1v) is 4.70.